The minimum Gasteiger partial charge on any atom is -0.325 e. The van der Waals surface area contributed by atoms with Gasteiger partial charge in [0.05, 0.1) is 6.54 Å². The van der Waals surface area contributed by atoms with Crippen LogP contribution in [-0.4, -0.2) is 39.6 Å². The SMILES string of the molecule is CC(C(=O)Nc1cccc(NC(=O)CN2CCc3sccc3C2)c1)n1cccn1. The van der Waals surface area contributed by atoms with E-state index in [4.69, 9.17) is 0 Å². The van der Waals surface area contributed by atoms with Gasteiger partial charge in [-0.2, -0.15) is 5.10 Å². The maximum absolute atomic E-state index is 12.5. The number of carbonyl (C=O) groups is 2. The van der Waals surface area contributed by atoms with Crippen molar-refractivity contribution in [3.05, 3.63) is 64.6 Å². The number of aromatic nitrogens is 2. The Morgan fingerprint density at radius 3 is 2.83 bits per heavy atom. The van der Waals surface area contributed by atoms with Crippen LogP contribution in [0.15, 0.2) is 54.2 Å². The van der Waals surface area contributed by atoms with E-state index in [2.05, 4.69) is 32.1 Å². The average Bonchev–Trinajstić information content (AvgIpc) is 3.39. The maximum Gasteiger partial charge on any atom is 0.248 e. The summed E-state index contributed by atoms with van der Waals surface area (Å²) in [6.45, 7) is 3.84. The summed E-state index contributed by atoms with van der Waals surface area (Å²) in [6, 6.07) is 10.7. The minimum absolute atomic E-state index is 0.0583. The zero-order chi connectivity index (χ0) is 20.2. The summed E-state index contributed by atoms with van der Waals surface area (Å²) in [6.07, 6.45) is 4.39. The molecule has 1 aliphatic heterocycles. The highest BCUT2D eigenvalue weighted by Crippen LogP contribution is 2.24. The van der Waals surface area contributed by atoms with E-state index in [1.54, 1.807) is 53.5 Å². The van der Waals surface area contributed by atoms with Crippen LogP contribution in [0.5, 0.6) is 0 Å². The first-order valence-electron chi connectivity index (χ1n) is 9.56. The first-order valence-corrected chi connectivity index (χ1v) is 10.4. The number of thiophene rings is 1. The molecule has 0 radical (unpaired) electrons. The van der Waals surface area contributed by atoms with Gasteiger partial charge in [-0.05, 0) is 54.6 Å². The molecule has 7 nitrogen and oxygen atoms in total. The Labute approximate surface area is 173 Å². The number of nitrogens with zero attached hydrogens (tertiary/aromatic N) is 3. The molecule has 0 aliphatic carbocycles. The Balaban J connectivity index is 1.32. The Morgan fingerprint density at radius 2 is 2.03 bits per heavy atom. The molecule has 1 aromatic carbocycles. The van der Waals surface area contributed by atoms with Gasteiger partial charge in [0, 0.05) is 41.7 Å². The molecule has 2 amide bonds. The number of nitrogens with one attached hydrogen (secondary N) is 2. The summed E-state index contributed by atoms with van der Waals surface area (Å²) in [5, 5.41) is 12.0. The molecule has 0 fully saturated rings. The Morgan fingerprint density at radius 1 is 1.21 bits per heavy atom. The van der Waals surface area contributed by atoms with Gasteiger partial charge in [-0.25, -0.2) is 0 Å². The van der Waals surface area contributed by atoms with Crippen LogP contribution in [0.2, 0.25) is 0 Å². The summed E-state index contributed by atoms with van der Waals surface area (Å²) in [5.74, 6) is -0.228. The molecule has 0 bridgehead atoms. The first-order chi connectivity index (χ1) is 14.1. The topological polar surface area (TPSA) is 79.3 Å². The summed E-state index contributed by atoms with van der Waals surface area (Å²) in [5.41, 5.74) is 2.62. The van der Waals surface area contributed by atoms with Gasteiger partial charge in [0.15, 0.2) is 0 Å². The van der Waals surface area contributed by atoms with Crippen LogP contribution < -0.4 is 10.6 Å². The second kappa shape index (κ2) is 8.59. The molecule has 150 valence electrons. The van der Waals surface area contributed by atoms with E-state index in [1.165, 1.54) is 10.4 Å². The van der Waals surface area contributed by atoms with Crippen molar-refractivity contribution in [2.24, 2.45) is 0 Å². The highest BCUT2D eigenvalue weighted by atomic mass is 32.1. The van der Waals surface area contributed by atoms with E-state index in [1.807, 2.05) is 12.1 Å². The van der Waals surface area contributed by atoms with Crippen molar-refractivity contribution in [2.75, 3.05) is 23.7 Å². The van der Waals surface area contributed by atoms with Crippen molar-refractivity contribution in [2.45, 2.75) is 25.9 Å². The van der Waals surface area contributed by atoms with E-state index in [-0.39, 0.29) is 11.8 Å². The van der Waals surface area contributed by atoms with Crippen molar-refractivity contribution in [1.82, 2.24) is 14.7 Å². The van der Waals surface area contributed by atoms with Gasteiger partial charge in [0.2, 0.25) is 11.8 Å². The van der Waals surface area contributed by atoms with Crippen LogP contribution in [0.3, 0.4) is 0 Å². The van der Waals surface area contributed by atoms with Crippen LogP contribution >= 0.6 is 11.3 Å². The third-order valence-electron chi connectivity index (χ3n) is 4.97. The maximum atomic E-state index is 12.5. The molecule has 1 atom stereocenters. The van der Waals surface area contributed by atoms with Gasteiger partial charge in [-0.15, -0.1) is 11.3 Å². The summed E-state index contributed by atoms with van der Waals surface area (Å²) >= 11 is 1.79. The molecule has 8 heteroatoms. The lowest BCUT2D eigenvalue weighted by molar-refractivity contribution is -0.119. The average molecular weight is 410 g/mol. The van der Waals surface area contributed by atoms with Crippen LogP contribution in [0.25, 0.3) is 0 Å². The number of carbonyl (C=O) groups excluding carboxylic acids is 2. The second-order valence-electron chi connectivity index (χ2n) is 7.11. The molecule has 3 aromatic rings. The molecule has 0 spiro atoms. The van der Waals surface area contributed by atoms with Crippen molar-refractivity contribution in [3.8, 4) is 0 Å². The van der Waals surface area contributed by atoms with Crippen LogP contribution in [0.1, 0.15) is 23.4 Å². The number of amides is 2. The Kier molecular flexibility index (Phi) is 5.73. The van der Waals surface area contributed by atoms with E-state index in [9.17, 15) is 9.59 Å². The Bertz CT molecular complexity index is 998. The van der Waals surface area contributed by atoms with E-state index >= 15 is 0 Å². The van der Waals surface area contributed by atoms with Gasteiger partial charge >= 0.3 is 0 Å². The van der Waals surface area contributed by atoms with E-state index in [0.29, 0.717) is 17.9 Å². The number of hydrogen-bond donors (Lipinski definition) is 2. The third-order valence-corrected chi connectivity index (χ3v) is 5.99. The second-order valence-corrected chi connectivity index (χ2v) is 8.11. The zero-order valence-corrected chi connectivity index (χ0v) is 17.0. The normalized spacial score (nSPS) is 14.8. The molecule has 4 rings (SSSR count). The molecule has 29 heavy (non-hydrogen) atoms. The highest BCUT2D eigenvalue weighted by molar-refractivity contribution is 7.10. The molecule has 3 heterocycles. The quantitative estimate of drug-likeness (QED) is 0.656. The van der Waals surface area contributed by atoms with Gasteiger partial charge in [-0.3, -0.25) is 19.2 Å². The van der Waals surface area contributed by atoms with Crippen LogP contribution in [-0.2, 0) is 22.6 Å². The molecular weight excluding hydrogens is 386 g/mol. The van der Waals surface area contributed by atoms with Crippen molar-refractivity contribution in [1.29, 1.82) is 0 Å². The lowest BCUT2D eigenvalue weighted by atomic mass is 10.1. The molecule has 0 saturated heterocycles. The number of rotatable bonds is 6. The van der Waals surface area contributed by atoms with Gasteiger partial charge in [-0.1, -0.05) is 6.07 Å². The fraction of sp³-hybridized carbons (Fsp3) is 0.286. The van der Waals surface area contributed by atoms with Gasteiger partial charge < -0.3 is 10.6 Å². The van der Waals surface area contributed by atoms with Gasteiger partial charge in [0.1, 0.15) is 6.04 Å². The van der Waals surface area contributed by atoms with Crippen LogP contribution in [0, 0.1) is 0 Å². The number of fused-ring (bicyclic) bond motifs is 1. The summed E-state index contributed by atoms with van der Waals surface area (Å²) in [7, 11) is 0. The largest absolute Gasteiger partial charge is 0.325 e. The zero-order valence-electron chi connectivity index (χ0n) is 16.2. The summed E-state index contributed by atoms with van der Waals surface area (Å²) < 4.78 is 1.60. The fourth-order valence-electron chi connectivity index (χ4n) is 3.40. The minimum atomic E-state index is -0.427. The third kappa shape index (κ3) is 4.72. The summed E-state index contributed by atoms with van der Waals surface area (Å²) in [4.78, 5) is 28.5. The molecular formula is C21H23N5O2S. The highest BCUT2D eigenvalue weighted by Gasteiger charge is 2.19. The molecule has 1 aliphatic rings. The smallest absolute Gasteiger partial charge is 0.248 e. The number of benzene rings is 1. The van der Waals surface area contributed by atoms with Crippen molar-refractivity contribution < 1.29 is 9.59 Å². The molecule has 1 unspecified atom stereocenters. The lowest BCUT2D eigenvalue weighted by Crippen LogP contribution is -2.36. The predicted molar refractivity (Wildman–Crippen MR) is 114 cm³/mol. The van der Waals surface area contributed by atoms with E-state index < -0.39 is 6.04 Å². The first kappa shape index (κ1) is 19.4. The van der Waals surface area contributed by atoms with Crippen molar-refractivity contribution >= 4 is 34.5 Å². The molecule has 2 aromatic heterocycles. The Hall–Kier alpha value is -2.97. The standard InChI is InChI=1S/C21H23N5O2S/c1-15(26-9-3-8-22-26)21(28)24-18-5-2-4-17(12-18)23-20(27)14-25-10-6-19-16(13-25)7-11-29-19/h2-5,7-9,11-12,15H,6,10,13-14H2,1H3,(H,23,27)(H,24,28). The number of hydrogen-bond acceptors (Lipinski definition) is 5. The molecule has 0 saturated carbocycles. The predicted octanol–water partition coefficient (Wildman–Crippen LogP) is 3.14. The van der Waals surface area contributed by atoms with E-state index in [0.717, 1.165) is 19.5 Å². The van der Waals surface area contributed by atoms with Crippen LogP contribution in [0.4, 0.5) is 11.4 Å². The van der Waals surface area contributed by atoms with Gasteiger partial charge in [0.25, 0.3) is 0 Å². The number of anilines is 2. The lowest BCUT2D eigenvalue weighted by Gasteiger charge is -2.26. The molecule has 2 N–H and O–H groups in total. The monoisotopic (exact) mass is 409 g/mol. The van der Waals surface area contributed by atoms with Crippen molar-refractivity contribution in [3.63, 3.8) is 0 Å². The fourth-order valence-corrected chi connectivity index (χ4v) is 4.29.